The van der Waals surface area contributed by atoms with Crippen LogP contribution in [0.25, 0.3) is 0 Å². The molecule has 2 aromatic rings. The number of piperidine rings is 1. The average Bonchev–Trinajstić information content (AvgIpc) is 2.77. The molecule has 2 aromatic carbocycles. The molecule has 3 N–H and O–H groups in total. The molecule has 2 amide bonds. The third-order valence-electron chi connectivity index (χ3n) is 5.63. The van der Waals surface area contributed by atoms with E-state index in [9.17, 15) is 27.6 Å². The molecular formula is C22H20F3N3O5. The molecule has 0 bridgehead atoms. The number of amides is 2. The molecule has 0 spiro atoms. The number of nitrogens with one attached hydrogen (secondary N) is 2. The van der Waals surface area contributed by atoms with Crippen LogP contribution in [0, 0.1) is 23.4 Å². The first-order valence-corrected chi connectivity index (χ1v) is 10.2. The molecule has 1 fully saturated rings. The Kier molecular flexibility index (Phi) is 6.12. The number of hydrogen-bond acceptors (Lipinski definition) is 5. The summed E-state index contributed by atoms with van der Waals surface area (Å²) in [6.45, 7) is 0.725. The maximum Gasteiger partial charge on any atom is 0.307 e. The van der Waals surface area contributed by atoms with E-state index in [1.165, 1.54) is 12.1 Å². The molecule has 8 nitrogen and oxygen atoms in total. The SMILES string of the molecule is O=C(O)CC1Oc2ccc(NC(=O)C3CCN(c4cc(F)c(F)c(F)c4)CC3)cc2NC1=O. The van der Waals surface area contributed by atoms with E-state index in [-0.39, 0.29) is 17.5 Å². The van der Waals surface area contributed by atoms with Crippen molar-refractivity contribution in [3.63, 3.8) is 0 Å². The number of carboxylic acid groups (broad SMARTS) is 1. The zero-order chi connectivity index (χ0) is 23.7. The Bertz CT molecular complexity index is 1100. The highest BCUT2D eigenvalue weighted by molar-refractivity contribution is 6.01. The van der Waals surface area contributed by atoms with Crippen LogP contribution in [0.5, 0.6) is 5.75 Å². The molecule has 2 aliphatic heterocycles. The van der Waals surface area contributed by atoms with Crippen LogP contribution in [-0.2, 0) is 14.4 Å². The van der Waals surface area contributed by atoms with Crippen molar-refractivity contribution in [3.05, 3.63) is 47.8 Å². The molecule has 0 aromatic heterocycles. The molecule has 1 saturated heterocycles. The Labute approximate surface area is 186 Å². The van der Waals surface area contributed by atoms with E-state index in [4.69, 9.17) is 9.84 Å². The summed E-state index contributed by atoms with van der Waals surface area (Å²) in [7, 11) is 0. The standard InChI is InChI=1S/C22H20F3N3O5/c23-14-8-13(9-15(24)20(14)25)28-5-3-11(4-6-28)21(31)26-12-1-2-17-16(7-12)27-22(32)18(33-17)10-19(29)30/h1-2,7-9,11,18H,3-6,10H2,(H,26,31)(H,27,32)(H,29,30). The minimum absolute atomic E-state index is 0.219. The van der Waals surface area contributed by atoms with Gasteiger partial charge < -0.3 is 25.4 Å². The Morgan fingerprint density at radius 2 is 1.79 bits per heavy atom. The van der Waals surface area contributed by atoms with Gasteiger partial charge in [0.15, 0.2) is 23.6 Å². The summed E-state index contributed by atoms with van der Waals surface area (Å²) >= 11 is 0. The van der Waals surface area contributed by atoms with Gasteiger partial charge in [-0.1, -0.05) is 0 Å². The molecule has 0 saturated carbocycles. The summed E-state index contributed by atoms with van der Waals surface area (Å²) in [6.07, 6.45) is -0.759. The van der Waals surface area contributed by atoms with Gasteiger partial charge in [-0.25, -0.2) is 13.2 Å². The topological polar surface area (TPSA) is 108 Å². The number of rotatable bonds is 5. The van der Waals surface area contributed by atoms with Crippen molar-refractivity contribution < 1.29 is 37.4 Å². The fraction of sp³-hybridized carbons (Fsp3) is 0.318. The minimum atomic E-state index is -1.52. The summed E-state index contributed by atoms with van der Waals surface area (Å²) in [6, 6.07) is 6.48. The number of carbonyl (C=O) groups excluding carboxylic acids is 2. The minimum Gasteiger partial charge on any atom is -0.481 e. The van der Waals surface area contributed by atoms with Crippen molar-refractivity contribution in [2.24, 2.45) is 5.92 Å². The summed E-state index contributed by atoms with van der Waals surface area (Å²) in [5.74, 6) is -6.10. The summed E-state index contributed by atoms with van der Waals surface area (Å²) in [5, 5.41) is 14.2. The normalized spacial score (nSPS) is 18.2. The van der Waals surface area contributed by atoms with Crippen LogP contribution in [0.15, 0.2) is 30.3 Å². The molecule has 1 atom stereocenters. The van der Waals surface area contributed by atoms with Crippen LogP contribution < -0.4 is 20.3 Å². The molecule has 174 valence electrons. The molecule has 4 rings (SSSR count). The summed E-state index contributed by atoms with van der Waals surface area (Å²) in [4.78, 5) is 37.2. The fourth-order valence-corrected chi connectivity index (χ4v) is 3.89. The summed E-state index contributed by atoms with van der Waals surface area (Å²) < 4.78 is 45.6. The van der Waals surface area contributed by atoms with Crippen LogP contribution in [0.3, 0.4) is 0 Å². The van der Waals surface area contributed by atoms with Crippen molar-refractivity contribution in [2.45, 2.75) is 25.4 Å². The van der Waals surface area contributed by atoms with Crippen LogP contribution in [0.1, 0.15) is 19.3 Å². The maximum atomic E-state index is 13.5. The predicted molar refractivity (Wildman–Crippen MR) is 112 cm³/mol. The third kappa shape index (κ3) is 4.86. The van der Waals surface area contributed by atoms with Crippen molar-refractivity contribution in [1.29, 1.82) is 0 Å². The quantitative estimate of drug-likeness (QED) is 0.588. The Morgan fingerprint density at radius 1 is 1.12 bits per heavy atom. The second-order valence-corrected chi connectivity index (χ2v) is 7.88. The zero-order valence-electron chi connectivity index (χ0n) is 17.2. The van der Waals surface area contributed by atoms with E-state index in [1.807, 2.05) is 0 Å². The number of benzene rings is 2. The van der Waals surface area contributed by atoms with Gasteiger partial charge >= 0.3 is 5.97 Å². The van der Waals surface area contributed by atoms with E-state index >= 15 is 0 Å². The molecule has 1 unspecified atom stereocenters. The van der Waals surface area contributed by atoms with E-state index in [0.29, 0.717) is 43.1 Å². The number of nitrogens with zero attached hydrogens (tertiary/aromatic N) is 1. The molecule has 0 aliphatic carbocycles. The average molecular weight is 463 g/mol. The highest BCUT2D eigenvalue weighted by atomic mass is 19.2. The van der Waals surface area contributed by atoms with Gasteiger partial charge in [-0.05, 0) is 31.0 Å². The van der Waals surface area contributed by atoms with Gasteiger partial charge in [0.2, 0.25) is 5.91 Å². The molecule has 0 radical (unpaired) electrons. The van der Waals surface area contributed by atoms with Gasteiger partial charge in [-0.3, -0.25) is 14.4 Å². The number of hydrogen-bond donors (Lipinski definition) is 3. The Morgan fingerprint density at radius 3 is 2.42 bits per heavy atom. The Hall–Kier alpha value is -3.76. The van der Waals surface area contributed by atoms with E-state index in [1.54, 1.807) is 11.0 Å². The first-order valence-electron chi connectivity index (χ1n) is 10.2. The fourth-order valence-electron chi connectivity index (χ4n) is 3.89. The molecule has 2 heterocycles. The van der Waals surface area contributed by atoms with E-state index < -0.39 is 41.9 Å². The molecular weight excluding hydrogens is 443 g/mol. The van der Waals surface area contributed by atoms with Gasteiger partial charge in [-0.2, -0.15) is 0 Å². The second-order valence-electron chi connectivity index (χ2n) is 7.88. The van der Waals surface area contributed by atoms with Gasteiger partial charge in [-0.15, -0.1) is 0 Å². The van der Waals surface area contributed by atoms with Crippen molar-refractivity contribution in [1.82, 2.24) is 0 Å². The van der Waals surface area contributed by atoms with Gasteiger partial charge in [0.05, 0.1) is 12.1 Å². The van der Waals surface area contributed by atoms with Crippen LogP contribution in [-0.4, -0.2) is 42.1 Å². The summed E-state index contributed by atoms with van der Waals surface area (Å²) in [5.41, 5.74) is 0.955. The number of carboxylic acids is 1. The predicted octanol–water partition coefficient (Wildman–Crippen LogP) is 3.13. The van der Waals surface area contributed by atoms with E-state index in [2.05, 4.69) is 10.6 Å². The lowest BCUT2D eigenvalue weighted by Gasteiger charge is -2.33. The van der Waals surface area contributed by atoms with Gasteiger partial charge in [0, 0.05) is 42.5 Å². The maximum absolute atomic E-state index is 13.5. The first-order chi connectivity index (χ1) is 15.7. The molecule has 2 aliphatic rings. The second kappa shape index (κ2) is 9.00. The lowest BCUT2D eigenvalue weighted by atomic mass is 9.95. The van der Waals surface area contributed by atoms with Crippen molar-refractivity contribution >= 4 is 34.8 Å². The van der Waals surface area contributed by atoms with Crippen molar-refractivity contribution in [3.8, 4) is 5.75 Å². The Balaban J connectivity index is 1.36. The number of aliphatic carboxylic acids is 1. The first kappa shape index (κ1) is 22.4. The third-order valence-corrected chi connectivity index (χ3v) is 5.63. The zero-order valence-corrected chi connectivity index (χ0v) is 17.2. The number of anilines is 3. The number of fused-ring (bicyclic) bond motifs is 1. The van der Waals surface area contributed by atoms with Gasteiger partial charge in [0.1, 0.15) is 5.75 Å². The largest absolute Gasteiger partial charge is 0.481 e. The molecule has 11 heteroatoms. The van der Waals surface area contributed by atoms with Crippen LogP contribution in [0.4, 0.5) is 30.2 Å². The smallest absolute Gasteiger partial charge is 0.307 e. The van der Waals surface area contributed by atoms with Crippen LogP contribution >= 0.6 is 0 Å². The molecule has 33 heavy (non-hydrogen) atoms. The van der Waals surface area contributed by atoms with Gasteiger partial charge in [0.25, 0.3) is 5.91 Å². The number of ether oxygens (including phenoxy) is 1. The van der Waals surface area contributed by atoms with E-state index in [0.717, 1.165) is 12.1 Å². The highest BCUT2D eigenvalue weighted by Crippen LogP contribution is 2.33. The monoisotopic (exact) mass is 463 g/mol. The number of halogens is 3. The van der Waals surface area contributed by atoms with Crippen LogP contribution in [0.2, 0.25) is 0 Å². The number of carbonyl (C=O) groups is 3. The lowest BCUT2D eigenvalue weighted by molar-refractivity contribution is -0.142. The van der Waals surface area contributed by atoms with Crippen molar-refractivity contribution in [2.75, 3.05) is 28.6 Å². The highest BCUT2D eigenvalue weighted by Gasteiger charge is 2.30. The lowest BCUT2D eigenvalue weighted by Crippen LogP contribution is -2.39.